The van der Waals surface area contributed by atoms with Crippen molar-refractivity contribution in [3.05, 3.63) is 83.9 Å². The molecule has 0 aliphatic carbocycles. The molecule has 0 radical (unpaired) electrons. The minimum Gasteiger partial charge on any atom is -0.508 e. The van der Waals surface area contributed by atoms with Gasteiger partial charge in [-0.25, -0.2) is 0 Å². The summed E-state index contributed by atoms with van der Waals surface area (Å²) in [6, 6.07) is 22.1. The molecule has 0 spiro atoms. The molecule has 0 amide bonds. The van der Waals surface area contributed by atoms with Crippen molar-refractivity contribution < 1.29 is 19.7 Å². The van der Waals surface area contributed by atoms with Gasteiger partial charge in [-0.3, -0.25) is 4.90 Å². The molecule has 2 aliphatic heterocycles. The number of nitrogens with zero attached hydrogens (tertiary/aromatic N) is 1. The van der Waals surface area contributed by atoms with Crippen LogP contribution in [0.5, 0.6) is 23.0 Å². The molecule has 37 heavy (non-hydrogen) atoms. The van der Waals surface area contributed by atoms with Crippen molar-refractivity contribution in [1.82, 2.24) is 4.90 Å². The lowest BCUT2D eigenvalue weighted by atomic mass is 9.88. The molecule has 2 heterocycles. The Hall–Kier alpha value is -3.88. The molecule has 3 aromatic carbocycles. The van der Waals surface area contributed by atoms with Gasteiger partial charge in [-0.15, -0.1) is 12.3 Å². The van der Waals surface area contributed by atoms with Crippen molar-refractivity contribution in [2.45, 2.75) is 38.7 Å². The molecular weight excluding hydrogens is 462 g/mol. The number of ether oxygens (including phenoxy) is 2. The number of terminal acetylenes is 1. The number of piperidine rings is 1. The van der Waals surface area contributed by atoms with Crippen molar-refractivity contribution in [3.63, 3.8) is 0 Å². The number of fused-ring (bicyclic) bond motifs is 1. The number of phenols is 2. The van der Waals surface area contributed by atoms with E-state index in [1.165, 1.54) is 32.4 Å². The predicted molar refractivity (Wildman–Crippen MR) is 149 cm³/mol. The van der Waals surface area contributed by atoms with Gasteiger partial charge in [-0.05, 0) is 80.4 Å². The normalized spacial score (nSPS) is 17.0. The summed E-state index contributed by atoms with van der Waals surface area (Å²) < 4.78 is 11.7. The zero-order valence-electron chi connectivity index (χ0n) is 21.4. The molecule has 5 heteroatoms. The lowest BCUT2D eigenvalue weighted by Gasteiger charge is -2.29. The lowest BCUT2D eigenvalue weighted by Crippen LogP contribution is -2.33. The van der Waals surface area contributed by atoms with Crippen LogP contribution in [0.15, 0.2) is 72.8 Å². The van der Waals surface area contributed by atoms with Gasteiger partial charge in [0.1, 0.15) is 35.7 Å². The van der Waals surface area contributed by atoms with Crippen molar-refractivity contribution in [3.8, 4) is 35.3 Å². The fourth-order valence-electron chi connectivity index (χ4n) is 4.80. The van der Waals surface area contributed by atoms with Crippen molar-refractivity contribution in [1.29, 1.82) is 0 Å². The number of para-hydroxylation sites is 1. The molecule has 0 bridgehead atoms. The van der Waals surface area contributed by atoms with E-state index in [4.69, 9.17) is 15.9 Å². The van der Waals surface area contributed by atoms with Crippen molar-refractivity contribution in [2.75, 3.05) is 26.2 Å². The lowest BCUT2D eigenvalue weighted by molar-refractivity contribution is 0.183. The standard InChI is InChI=1S/C19H16O3.C13H19NO/c1-3-4-17-19(13-5-7-14(20)8-6-13)12(2)16-10-9-15(21)11-18(16)22-17;1-3-7-13(8-4-1)15-12-11-14-9-5-2-6-10-14/h1,5-11,17,20-21H,4H2,2H3;1,3-4,7-8H,2,5-6,9-12H2. The SMILES string of the molecule is C#CCC1Oc2cc(O)ccc2C(C)=C1c1ccc(O)cc1.c1ccc(OCCN2CCCCC2)cc1. The summed E-state index contributed by atoms with van der Waals surface area (Å²) in [5.74, 6) is 4.65. The van der Waals surface area contributed by atoms with Crippen LogP contribution in [0.1, 0.15) is 43.7 Å². The first-order valence-electron chi connectivity index (χ1n) is 12.9. The fourth-order valence-corrected chi connectivity index (χ4v) is 4.80. The Balaban J connectivity index is 0.000000186. The summed E-state index contributed by atoms with van der Waals surface area (Å²) in [6.07, 6.45) is 9.74. The van der Waals surface area contributed by atoms with Gasteiger partial charge < -0.3 is 19.7 Å². The molecule has 192 valence electrons. The van der Waals surface area contributed by atoms with E-state index in [0.29, 0.717) is 12.2 Å². The second-order valence-electron chi connectivity index (χ2n) is 9.34. The van der Waals surface area contributed by atoms with E-state index in [-0.39, 0.29) is 17.6 Å². The molecule has 5 nitrogen and oxygen atoms in total. The van der Waals surface area contributed by atoms with Crippen LogP contribution in [0.2, 0.25) is 0 Å². The largest absolute Gasteiger partial charge is 0.508 e. The highest BCUT2D eigenvalue weighted by Crippen LogP contribution is 2.42. The van der Waals surface area contributed by atoms with Crippen molar-refractivity contribution >= 4 is 11.1 Å². The van der Waals surface area contributed by atoms with E-state index in [1.54, 1.807) is 24.3 Å². The monoisotopic (exact) mass is 497 g/mol. The Morgan fingerprint density at radius 2 is 1.65 bits per heavy atom. The third-order valence-corrected chi connectivity index (χ3v) is 6.71. The van der Waals surface area contributed by atoms with Crippen LogP contribution in [0.4, 0.5) is 0 Å². The average Bonchev–Trinajstić information content (AvgIpc) is 2.91. The van der Waals surface area contributed by atoms with Gasteiger partial charge in [0, 0.05) is 23.7 Å². The van der Waals surface area contributed by atoms with Gasteiger partial charge >= 0.3 is 0 Å². The Kier molecular flexibility index (Phi) is 9.13. The highest BCUT2D eigenvalue weighted by atomic mass is 16.5. The maximum atomic E-state index is 9.64. The van der Waals surface area contributed by atoms with Crippen LogP contribution in [-0.2, 0) is 0 Å². The molecule has 0 saturated carbocycles. The molecular formula is C32H35NO4. The second-order valence-corrected chi connectivity index (χ2v) is 9.34. The molecule has 1 fully saturated rings. The third-order valence-electron chi connectivity index (χ3n) is 6.71. The highest BCUT2D eigenvalue weighted by Gasteiger charge is 2.27. The van der Waals surface area contributed by atoms with Gasteiger partial charge in [0.05, 0.1) is 6.42 Å². The van der Waals surface area contributed by atoms with E-state index in [1.807, 2.05) is 55.5 Å². The number of rotatable bonds is 6. The number of hydrogen-bond acceptors (Lipinski definition) is 5. The molecule has 1 unspecified atom stereocenters. The molecule has 1 saturated heterocycles. The van der Waals surface area contributed by atoms with Crippen LogP contribution < -0.4 is 9.47 Å². The van der Waals surface area contributed by atoms with E-state index < -0.39 is 0 Å². The molecule has 1 atom stereocenters. The molecule has 0 aromatic heterocycles. The minimum atomic E-state index is -0.274. The summed E-state index contributed by atoms with van der Waals surface area (Å²) in [5, 5.41) is 19.1. The molecule has 2 aliphatic rings. The number of benzene rings is 3. The number of phenolic OH excluding ortho intramolecular Hbond substituents is 2. The maximum absolute atomic E-state index is 9.64. The fraction of sp³-hybridized carbons (Fsp3) is 0.312. The summed E-state index contributed by atoms with van der Waals surface area (Å²) in [5.41, 5.74) is 3.98. The van der Waals surface area contributed by atoms with Gasteiger partial charge in [0.15, 0.2) is 0 Å². The first-order chi connectivity index (χ1) is 18.0. The quantitative estimate of drug-likeness (QED) is 0.388. The van der Waals surface area contributed by atoms with Gasteiger partial charge in [-0.1, -0.05) is 36.8 Å². The topological polar surface area (TPSA) is 62.2 Å². The Morgan fingerprint density at radius 1 is 0.946 bits per heavy atom. The Bertz CT molecular complexity index is 1220. The number of allylic oxidation sites excluding steroid dienone is 1. The number of likely N-dealkylation sites (tertiary alicyclic amines) is 1. The first-order valence-corrected chi connectivity index (χ1v) is 12.9. The van der Waals surface area contributed by atoms with E-state index in [0.717, 1.165) is 41.2 Å². The summed E-state index contributed by atoms with van der Waals surface area (Å²) in [4.78, 5) is 2.49. The summed E-state index contributed by atoms with van der Waals surface area (Å²) in [6.45, 7) is 6.39. The van der Waals surface area contributed by atoms with Gasteiger partial charge in [0.2, 0.25) is 0 Å². The smallest absolute Gasteiger partial charge is 0.135 e. The van der Waals surface area contributed by atoms with Crippen LogP contribution in [0.25, 0.3) is 11.1 Å². The van der Waals surface area contributed by atoms with E-state index in [9.17, 15) is 10.2 Å². The van der Waals surface area contributed by atoms with Crippen LogP contribution in [0.3, 0.4) is 0 Å². The van der Waals surface area contributed by atoms with Crippen LogP contribution in [0, 0.1) is 12.3 Å². The number of hydrogen-bond donors (Lipinski definition) is 2. The van der Waals surface area contributed by atoms with Crippen molar-refractivity contribution in [2.24, 2.45) is 0 Å². The van der Waals surface area contributed by atoms with Gasteiger partial charge in [0.25, 0.3) is 0 Å². The zero-order valence-corrected chi connectivity index (χ0v) is 21.4. The molecule has 5 rings (SSSR count). The average molecular weight is 498 g/mol. The Labute approximate surface area is 220 Å². The predicted octanol–water partition coefficient (Wildman–Crippen LogP) is 6.36. The van der Waals surface area contributed by atoms with Gasteiger partial charge in [-0.2, -0.15) is 0 Å². The first kappa shape index (κ1) is 26.2. The summed E-state index contributed by atoms with van der Waals surface area (Å²) >= 11 is 0. The zero-order chi connectivity index (χ0) is 26.0. The van der Waals surface area contributed by atoms with Crippen LogP contribution >= 0.6 is 0 Å². The Morgan fingerprint density at radius 3 is 2.35 bits per heavy atom. The van der Waals surface area contributed by atoms with E-state index >= 15 is 0 Å². The number of aromatic hydroxyl groups is 2. The second kappa shape index (κ2) is 12.9. The highest BCUT2D eigenvalue weighted by molar-refractivity contribution is 5.95. The third kappa shape index (κ3) is 7.09. The minimum absolute atomic E-state index is 0.166. The molecule has 2 N–H and O–H groups in total. The summed E-state index contributed by atoms with van der Waals surface area (Å²) in [7, 11) is 0. The maximum Gasteiger partial charge on any atom is 0.135 e. The molecule has 3 aromatic rings. The van der Waals surface area contributed by atoms with Crippen LogP contribution in [-0.4, -0.2) is 47.5 Å². The van der Waals surface area contributed by atoms with E-state index in [2.05, 4.69) is 10.8 Å².